The van der Waals surface area contributed by atoms with E-state index < -0.39 is 22.8 Å². The van der Waals surface area contributed by atoms with Crippen LogP contribution >= 0.6 is 0 Å². The van der Waals surface area contributed by atoms with E-state index in [9.17, 15) is 14.1 Å². The van der Waals surface area contributed by atoms with Gasteiger partial charge in [0.2, 0.25) is 0 Å². The first-order chi connectivity index (χ1) is 15.8. The summed E-state index contributed by atoms with van der Waals surface area (Å²) in [5.41, 5.74) is 4.29. The third kappa shape index (κ3) is 2.67. The van der Waals surface area contributed by atoms with Gasteiger partial charge in [-0.05, 0) is 52.8 Å². The van der Waals surface area contributed by atoms with Crippen LogP contribution < -0.4 is 0 Å². The predicted octanol–water partition coefficient (Wildman–Crippen LogP) is 4.37. The van der Waals surface area contributed by atoms with Crippen LogP contribution in [0.5, 0.6) is 0 Å². The summed E-state index contributed by atoms with van der Waals surface area (Å²) in [5, 5.41) is 10.7. The maximum absolute atomic E-state index is 14.4. The number of carbonyl (C=O) groups is 1. The van der Waals surface area contributed by atoms with Gasteiger partial charge in [0, 0.05) is 33.8 Å². The Bertz CT molecular complexity index is 1110. The molecule has 1 unspecified atom stereocenters. The van der Waals surface area contributed by atoms with Gasteiger partial charge in [-0.3, -0.25) is 9.00 Å². The SMILES string of the molecule is COC(=O)[C@H]1C2c3ccccc3C(c3ccccc32)[C@H]1S(=O)C[C@]12CC[C@H](C[C@H]1O)C2(C)C. The van der Waals surface area contributed by atoms with Crippen molar-refractivity contribution in [3.63, 3.8) is 0 Å². The van der Waals surface area contributed by atoms with E-state index in [0.29, 0.717) is 11.7 Å². The molecule has 5 heteroatoms. The number of ether oxygens (including phenoxy) is 1. The van der Waals surface area contributed by atoms with Crippen molar-refractivity contribution >= 4 is 16.8 Å². The molecule has 0 spiro atoms. The summed E-state index contributed by atoms with van der Waals surface area (Å²) in [4.78, 5) is 13.3. The van der Waals surface area contributed by atoms with Gasteiger partial charge in [0.05, 0.1) is 24.4 Å². The molecule has 5 aliphatic carbocycles. The van der Waals surface area contributed by atoms with E-state index in [1.54, 1.807) is 0 Å². The molecular weight excluding hydrogens is 432 g/mol. The Morgan fingerprint density at radius 2 is 1.58 bits per heavy atom. The molecule has 6 atom stereocenters. The number of hydrogen-bond donors (Lipinski definition) is 1. The van der Waals surface area contributed by atoms with E-state index in [4.69, 9.17) is 4.74 Å². The van der Waals surface area contributed by atoms with E-state index in [2.05, 4.69) is 38.1 Å². The highest BCUT2D eigenvalue weighted by molar-refractivity contribution is 7.85. The van der Waals surface area contributed by atoms with Gasteiger partial charge in [-0.2, -0.15) is 0 Å². The van der Waals surface area contributed by atoms with Crippen molar-refractivity contribution in [2.75, 3.05) is 12.9 Å². The summed E-state index contributed by atoms with van der Waals surface area (Å²) < 4.78 is 19.7. The summed E-state index contributed by atoms with van der Waals surface area (Å²) in [7, 11) is 0.134. The minimum absolute atomic E-state index is 0.0493. The highest BCUT2D eigenvalue weighted by Gasteiger charge is 2.65. The highest BCUT2D eigenvalue weighted by atomic mass is 32.2. The van der Waals surface area contributed by atoms with Gasteiger partial charge in [0.25, 0.3) is 0 Å². The molecule has 2 aromatic rings. The molecule has 4 nitrogen and oxygen atoms in total. The molecule has 0 saturated heterocycles. The van der Waals surface area contributed by atoms with Crippen LogP contribution in [0.2, 0.25) is 0 Å². The van der Waals surface area contributed by atoms with Crippen LogP contribution in [0, 0.1) is 22.7 Å². The molecule has 0 radical (unpaired) electrons. The molecule has 0 aromatic heterocycles. The van der Waals surface area contributed by atoms with Crippen LogP contribution in [0.25, 0.3) is 0 Å². The zero-order chi connectivity index (χ0) is 23.1. The summed E-state index contributed by atoms with van der Waals surface area (Å²) in [5.74, 6) is -0.100. The zero-order valence-electron chi connectivity index (χ0n) is 19.5. The molecule has 0 heterocycles. The average Bonchev–Trinajstić information content (AvgIpc) is 3.17. The number of hydrogen-bond acceptors (Lipinski definition) is 4. The molecular formula is C28H32O4S. The zero-order valence-corrected chi connectivity index (χ0v) is 20.3. The quantitative estimate of drug-likeness (QED) is 0.683. The van der Waals surface area contributed by atoms with Gasteiger partial charge < -0.3 is 9.84 Å². The largest absolute Gasteiger partial charge is 0.469 e. The van der Waals surface area contributed by atoms with E-state index in [0.717, 1.165) is 30.4 Å². The third-order valence-electron chi connectivity index (χ3n) is 9.94. The number of aliphatic hydroxyl groups is 1. The van der Waals surface area contributed by atoms with Gasteiger partial charge in [0.1, 0.15) is 0 Å². The fourth-order valence-corrected chi connectivity index (χ4v) is 10.7. The highest BCUT2D eigenvalue weighted by Crippen LogP contribution is 2.67. The van der Waals surface area contributed by atoms with Crippen LogP contribution in [-0.4, -0.2) is 39.5 Å². The molecule has 0 aliphatic heterocycles. The van der Waals surface area contributed by atoms with Crippen LogP contribution in [0.4, 0.5) is 0 Å². The van der Waals surface area contributed by atoms with E-state index in [1.807, 2.05) is 24.3 Å². The maximum atomic E-state index is 14.4. The molecule has 1 N–H and O–H groups in total. The second-order valence-corrected chi connectivity index (χ2v) is 12.7. The Labute approximate surface area is 198 Å². The first-order valence-electron chi connectivity index (χ1n) is 12.1. The number of esters is 1. The Hall–Kier alpha value is -1.98. The van der Waals surface area contributed by atoms with Crippen molar-refractivity contribution in [2.24, 2.45) is 22.7 Å². The summed E-state index contributed by atoms with van der Waals surface area (Å²) in [6.45, 7) is 4.49. The molecule has 2 fully saturated rings. The topological polar surface area (TPSA) is 63.6 Å². The fraction of sp³-hybridized carbons (Fsp3) is 0.536. The molecule has 33 heavy (non-hydrogen) atoms. The maximum Gasteiger partial charge on any atom is 0.310 e. The number of fused-ring (bicyclic) bond motifs is 3. The lowest BCUT2D eigenvalue weighted by Gasteiger charge is -2.50. The van der Waals surface area contributed by atoms with Crippen molar-refractivity contribution < 1.29 is 18.8 Å². The van der Waals surface area contributed by atoms with Crippen molar-refractivity contribution in [1.29, 1.82) is 0 Å². The molecule has 4 bridgehead atoms. The average molecular weight is 465 g/mol. The van der Waals surface area contributed by atoms with Crippen molar-refractivity contribution in [2.45, 2.75) is 56.3 Å². The van der Waals surface area contributed by atoms with Gasteiger partial charge in [-0.1, -0.05) is 62.4 Å². The molecule has 5 aliphatic rings. The smallest absolute Gasteiger partial charge is 0.310 e. The van der Waals surface area contributed by atoms with Gasteiger partial charge in [-0.15, -0.1) is 0 Å². The predicted molar refractivity (Wildman–Crippen MR) is 128 cm³/mol. The summed E-state index contributed by atoms with van der Waals surface area (Å²) in [6.07, 6.45) is 2.37. The number of benzene rings is 2. The number of methoxy groups -OCH3 is 1. The van der Waals surface area contributed by atoms with Crippen LogP contribution in [0.3, 0.4) is 0 Å². The van der Waals surface area contributed by atoms with E-state index in [1.165, 1.54) is 18.2 Å². The molecule has 7 rings (SSSR count). The molecule has 2 aromatic carbocycles. The van der Waals surface area contributed by atoms with Crippen molar-refractivity contribution in [3.8, 4) is 0 Å². The molecule has 0 amide bonds. The van der Waals surface area contributed by atoms with E-state index >= 15 is 0 Å². The first-order valence-corrected chi connectivity index (χ1v) is 13.5. The Morgan fingerprint density at radius 1 is 1.03 bits per heavy atom. The molecule has 174 valence electrons. The second kappa shape index (κ2) is 7.26. The number of aliphatic hydroxyl groups excluding tert-OH is 1. The van der Waals surface area contributed by atoms with Gasteiger partial charge >= 0.3 is 5.97 Å². The molecule has 2 saturated carbocycles. The van der Waals surface area contributed by atoms with Crippen molar-refractivity contribution in [1.82, 2.24) is 0 Å². The van der Waals surface area contributed by atoms with Gasteiger partial charge in [-0.25, -0.2) is 0 Å². The van der Waals surface area contributed by atoms with Crippen molar-refractivity contribution in [3.05, 3.63) is 70.8 Å². The van der Waals surface area contributed by atoms with Crippen LogP contribution in [-0.2, 0) is 20.3 Å². The van der Waals surface area contributed by atoms with Gasteiger partial charge in [0.15, 0.2) is 0 Å². The fourth-order valence-electron chi connectivity index (χ4n) is 8.08. The Morgan fingerprint density at radius 3 is 2.03 bits per heavy atom. The van der Waals surface area contributed by atoms with E-state index in [-0.39, 0.29) is 33.9 Å². The second-order valence-electron chi connectivity index (χ2n) is 11.1. The summed E-state index contributed by atoms with van der Waals surface area (Å²) >= 11 is 0. The third-order valence-corrected chi connectivity index (χ3v) is 11.9. The normalized spacial score (nSPS) is 37.9. The number of rotatable bonds is 4. The lowest BCUT2D eigenvalue weighted by Crippen LogP contribution is -2.52. The standard InChI is InChI=1S/C28H32O4S/c1-27(2)16-12-13-28(27,21(29)14-16)15-33(31)25-23-19-10-6-4-8-17(19)22(24(25)26(30)32-3)18-9-5-7-11-20(18)23/h4-11,16,21-25,29H,12-15H2,1-3H3/t16-,21-,22?,23?,24+,25-,28-,33?/m1/s1. The number of carbonyl (C=O) groups excluding carboxylic acids is 1. The summed E-state index contributed by atoms with van der Waals surface area (Å²) in [6, 6.07) is 16.6. The monoisotopic (exact) mass is 464 g/mol. The minimum atomic E-state index is -1.30. The lowest BCUT2D eigenvalue weighted by molar-refractivity contribution is -0.146. The Balaban J connectivity index is 1.49. The minimum Gasteiger partial charge on any atom is -0.469 e. The first kappa shape index (κ1) is 21.5. The Kier molecular flexibility index (Phi) is 4.74. The van der Waals surface area contributed by atoms with Crippen LogP contribution in [0.15, 0.2) is 48.5 Å². The van der Waals surface area contributed by atoms with Crippen LogP contribution in [0.1, 0.15) is 67.2 Å². The lowest BCUT2D eigenvalue weighted by atomic mass is 9.59.